The van der Waals surface area contributed by atoms with Crippen molar-refractivity contribution >= 4 is 11.9 Å². The van der Waals surface area contributed by atoms with Gasteiger partial charge in [0.25, 0.3) is 5.91 Å². The summed E-state index contributed by atoms with van der Waals surface area (Å²) in [5, 5.41) is 6.20. The van der Waals surface area contributed by atoms with Gasteiger partial charge in [-0.1, -0.05) is 19.3 Å². The van der Waals surface area contributed by atoms with Crippen molar-refractivity contribution in [2.45, 2.75) is 51.0 Å². The highest BCUT2D eigenvalue weighted by Gasteiger charge is 2.26. The van der Waals surface area contributed by atoms with Crippen LogP contribution in [-0.2, 0) is 0 Å². The Morgan fingerprint density at radius 2 is 1.69 bits per heavy atom. The molecule has 1 atom stereocenters. The molecule has 1 unspecified atom stereocenters. The van der Waals surface area contributed by atoms with Gasteiger partial charge >= 0.3 is 6.03 Å². The molecule has 7 heteroatoms. The molecule has 1 aromatic carbocycles. The highest BCUT2D eigenvalue weighted by molar-refractivity contribution is 5.95. The van der Waals surface area contributed by atoms with Gasteiger partial charge in [0.15, 0.2) is 0 Å². The molecule has 2 fully saturated rings. The van der Waals surface area contributed by atoms with Gasteiger partial charge in [-0.15, -0.1) is 0 Å². The molecule has 0 spiro atoms. The van der Waals surface area contributed by atoms with Crippen LogP contribution in [0.5, 0.6) is 11.5 Å². The third-order valence-electron chi connectivity index (χ3n) is 5.90. The Labute approximate surface area is 173 Å². The number of hydrogen-bond acceptors (Lipinski definition) is 4. The Morgan fingerprint density at radius 3 is 2.34 bits per heavy atom. The standard InChI is InChI=1S/C22H33N3O4/c1-28-19-11-17(12-20(13-19)29-2)21(26)23-14-16-7-6-10-25(15-16)22(27)24-18-8-4-3-5-9-18/h11-13,16,18H,3-10,14-15H2,1-2H3,(H,23,26)(H,24,27). The molecule has 2 aliphatic rings. The Morgan fingerprint density at radius 1 is 1.00 bits per heavy atom. The number of carbonyl (C=O) groups excluding carboxylic acids is 2. The van der Waals surface area contributed by atoms with E-state index >= 15 is 0 Å². The average molecular weight is 404 g/mol. The van der Waals surface area contributed by atoms with Crippen LogP contribution in [0, 0.1) is 5.92 Å². The summed E-state index contributed by atoms with van der Waals surface area (Å²) in [6.07, 6.45) is 7.83. The second-order valence-electron chi connectivity index (χ2n) is 8.05. The zero-order chi connectivity index (χ0) is 20.6. The van der Waals surface area contributed by atoms with Gasteiger partial charge in [-0.05, 0) is 43.7 Å². The molecule has 7 nitrogen and oxygen atoms in total. The maximum absolute atomic E-state index is 12.6. The summed E-state index contributed by atoms with van der Waals surface area (Å²) in [4.78, 5) is 27.1. The van der Waals surface area contributed by atoms with Crippen molar-refractivity contribution in [2.75, 3.05) is 33.9 Å². The van der Waals surface area contributed by atoms with Gasteiger partial charge in [0.2, 0.25) is 0 Å². The van der Waals surface area contributed by atoms with E-state index in [2.05, 4.69) is 10.6 Å². The van der Waals surface area contributed by atoms with Crippen molar-refractivity contribution in [1.82, 2.24) is 15.5 Å². The van der Waals surface area contributed by atoms with Gasteiger partial charge in [-0.25, -0.2) is 4.79 Å². The molecule has 3 amide bonds. The van der Waals surface area contributed by atoms with Crippen molar-refractivity contribution in [3.05, 3.63) is 23.8 Å². The summed E-state index contributed by atoms with van der Waals surface area (Å²) < 4.78 is 10.5. The largest absolute Gasteiger partial charge is 0.497 e. The molecular formula is C22H33N3O4. The number of ether oxygens (including phenoxy) is 2. The Balaban J connectivity index is 1.50. The highest BCUT2D eigenvalue weighted by Crippen LogP contribution is 2.23. The zero-order valence-corrected chi connectivity index (χ0v) is 17.5. The van der Waals surface area contributed by atoms with Crippen molar-refractivity contribution in [2.24, 2.45) is 5.92 Å². The maximum Gasteiger partial charge on any atom is 0.317 e. The fourth-order valence-electron chi connectivity index (χ4n) is 4.21. The number of hydrogen-bond donors (Lipinski definition) is 2. The van der Waals surface area contributed by atoms with E-state index < -0.39 is 0 Å². The fourth-order valence-corrected chi connectivity index (χ4v) is 4.21. The Kier molecular flexibility index (Phi) is 7.61. The number of piperidine rings is 1. The topological polar surface area (TPSA) is 79.9 Å². The molecule has 29 heavy (non-hydrogen) atoms. The van der Waals surface area contributed by atoms with E-state index in [1.54, 1.807) is 32.4 Å². The third kappa shape index (κ3) is 6.02. The van der Waals surface area contributed by atoms with Crippen LogP contribution in [0.1, 0.15) is 55.3 Å². The summed E-state index contributed by atoms with van der Waals surface area (Å²) in [7, 11) is 3.12. The van der Waals surface area contributed by atoms with Gasteiger partial charge in [0, 0.05) is 37.3 Å². The lowest BCUT2D eigenvalue weighted by atomic mass is 9.95. The van der Waals surface area contributed by atoms with Crippen LogP contribution in [-0.4, -0.2) is 56.7 Å². The van der Waals surface area contributed by atoms with Crippen LogP contribution in [0.3, 0.4) is 0 Å². The van der Waals surface area contributed by atoms with Gasteiger partial charge < -0.3 is 25.0 Å². The van der Waals surface area contributed by atoms with E-state index in [-0.39, 0.29) is 17.9 Å². The summed E-state index contributed by atoms with van der Waals surface area (Å²) in [6, 6.07) is 5.50. The number of amides is 3. The predicted octanol–water partition coefficient (Wildman–Crippen LogP) is 3.19. The summed E-state index contributed by atoms with van der Waals surface area (Å²) in [5.41, 5.74) is 0.504. The smallest absolute Gasteiger partial charge is 0.317 e. The highest BCUT2D eigenvalue weighted by atomic mass is 16.5. The second kappa shape index (κ2) is 10.4. The van der Waals surface area contributed by atoms with E-state index in [0.717, 1.165) is 32.2 Å². The normalized spacial score (nSPS) is 20.1. The summed E-state index contributed by atoms with van der Waals surface area (Å²) in [6.45, 7) is 2.02. The van der Waals surface area contributed by atoms with E-state index in [4.69, 9.17) is 9.47 Å². The molecule has 2 N–H and O–H groups in total. The summed E-state index contributed by atoms with van der Waals surface area (Å²) >= 11 is 0. The van der Waals surface area contributed by atoms with Crippen LogP contribution in [0.25, 0.3) is 0 Å². The van der Waals surface area contributed by atoms with Crippen LogP contribution < -0.4 is 20.1 Å². The number of methoxy groups -OCH3 is 2. The molecule has 1 saturated heterocycles. The minimum atomic E-state index is -0.161. The van der Waals surface area contributed by atoms with E-state index in [1.165, 1.54) is 19.3 Å². The number of benzene rings is 1. The molecule has 1 aliphatic carbocycles. The first-order valence-corrected chi connectivity index (χ1v) is 10.7. The van der Waals surface area contributed by atoms with Crippen LogP contribution in [0.15, 0.2) is 18.2 Å². The quantitative estimate of drug-likeness (QED) is 0.765. The first-order valence-electron chi connectivity index (χ1n) is 10.7. The predicted molar refractivity (Wildman–Crippen MR) is 112 cm³/mol. The second-order valence-corrected chi connectivity index (χ2v) is 8.05. The van der Waals surface area contributed by atoms with Crippen molar-refractivity contribution < 1.29 is 19.1 Å². The molecular weight excluding hydrogens is 370 g/mol. The zero-order valence-electron chi connectivity index (χ0n) is 17.5. The lowest BCUT2D eigenvalue weighted by Gasteiger charge is -2.34. The minimum Gasteiger partial charge on any atom is -0.497 e. The Hall–Kier alpha value is -2.44. The number of carbonyl (C=O) groups is 2. The Bertz CT molecular complexity index is 681. The molecule has 0 radical (unpaired) electrons. The van der Waals surface area contributed by atoms with Gasteiger partial charge in [-0.2, -0.15) is 0 Å². The first-order chi connectivity index (χ1) is 14.1. The van der Waals surface area contributed by atoms with Crippen LogP contribution in [0.4, 0.5) is 4.79 Å². The van der Waals surface area contributed by atoms with Crippen molar-refractivity contribution in [3.8, 4) is 11.5 Å². The van der Waals surface area contributed by atoms with Gasteiger partial charge in [0.1, 0.15) is 11.5 Å². The van der Waals surface area contributed by atoms with Crippen molar-refractivity contribution in [3.63, 3.8) is 0 Å². The monoisotopic (exact) mass is 403 g/mol. The van der Waals surface area contributed by atoms with Crippen LogP contribution in [0.2, 0.25) is 0 Å². The van der Waals surface area contributed by atoms with E-state index in [1.807, 2.05) is 4.90 Å². The molecule has 1 heterocycles. The molecule has 1 aromatic rings. The van der Waals surface area contributed by atoms with Gasteiger partial charge in [0.05, 0.1) is 14.2 Å². The number of rotatable bonds is 6. The number of nitrogens with one attached hydrogen (secondary N) is 2. The molecule has 1 saturated carbocycles. The fraction of sp³-hybridized carbons (Fsp3) is 0.636. The lowest BCUT2D eigenvalue weighted by Crippen LogP contribution is -2.50. The molecule has 160 valence electrons. The van der Waals surface area contributed by atoms with Crippen molar-refractivity contribution in [1.29, 1.82) is 0 Å². The molecule has 3 rings (SSSR count). The number of nitrogens with zero attached hydrogens (tertiary/aromatic N) is 1. The molecule has 1 aliphatic heterocycles. The lowest BCUT2D eigenvalue weighted by molar-refractivity contribution is 0.0936. The van der Waals surface area contributed by atoms with Crippen LogP contribution >= 0.6 is 0 Å². The number of likely N-dealkylation sites (tertiary alicyclic amines) is 1. The molecule has 0 aromatic heterocycles. The third-order valence-corrected chi connectivity index (χ3v) is 5.90. The first kappa shape index (κ1) is 21.3. The van der Waals surface area contributed by atoms with E-state index in [0.29, 0.717) is 36.2 Å². The minimum absolute atomic E-state index is 0.0467. The van der Waals surface area contributed by atoms with Gasteiger partial charge in [-0.3, -0.25) is 4.79 Å². The molecule has 0 bridgehead atoms. The van der Waals surface area contributed by atoms with E-state index in [9.17, 15) is 9.59 Å². The maximum atomic E-state index is 12.6. The number of urea groups is 1. The average Bonchev–Trinajstić information content (AvgIpc) is 2.77. The summed E-state index contributed by atoms with van der Waals surface area (Å²) in [5.74, 6) is 1.26. The SMILES string of the molecule is COc1cc(OC)cc(C(=O)NCC2CCCN(C(=O)NC3CCCCC3)C2)c1.